The normalized spacial score (nSPS) is 12.4. The molecule has 18 heavy (non-hydrogen) atoms. The van der Waals surface area contributed by atoms with Crippen molar-refractivity contribution in [3.05, 3.63) is 51.9 Å². The fraction of sp³-hybridized carbons (Fsp3) is 0.286. The fourth-order valence-corrected chi connectivity index (χ4v) is 2.40. The van der Waals surface area contributed by atoms with E-state index < -0.39 is 0 Å². The quantitative estimate of drug-likeness (QED) is 0.937. The smallest absolute Gasteiger partial charge is 0.125 e. The summed E-state index contributed by atoms with van der Waals surface area (Å²) >= 11 is 3.51. The molecule has 0 radical (unpaired) electrons. The number of hydrogen-bond acceptors (Lipinski definition) is 3. The van der Waals surface area contributed by atoms with Gasteiger partial charge in [-0.2, -0.15) is 0 Å². The van der Waals surface area contributed by atoms with E-state index in [1.54, 1.807) is 7.11 Å². The molecule has 0 saturated carbocycles. The van der Waals surface area contributed by atoms with E-state index in [0.29, 0.717) is 0 Å². The van der Waals surface area contributed by atoms with Crippen LogP contribution in [-0.4, -0.2) is 7.11 Å². The van der Waals surface area contributed by atoms with Gasteiger partial charge in [-0.25, -0.2) is 0 Å². The van der Waals surface area contributed by atoms with Crippen molar-refractivity contribution in [1.82, 2.24) is 0 Å². The minimum absolute atomic E-state index is 0.273. The van der Waals surface area contributed by atoms with E-state index >= 15 is 0 Å². The molecule has 0 amide bonds. The van der Waals surface area contributed by atoms with Gasteiger partial charge < -0.3 is 14.9 Å². The van der Waals surface area contributed by atoms with Gasteiger partial charge in [0.25, 0.3) is 0 Å². The summed E-state index contributed by atoms with van der Waals surface area (Å²) in [6.45, 7) is 2.05. The van der Waals surface area contributed by atoms with Crippen molar-refractivity contribution in [3.8, 4) is 5.75 Å². The van der Waals surface area contributed by atoms with Gasteiger partial charge in [-0.05, 0) is 29.8 Å². The van der Waals surface area contributed by atoms with E-state index in [1.807, 2.05) is 30.3 Å². The molecule has 1 heterocycles. The number of aryl methyl sites for hydroxylation is 1. The number of halogens is 1. The van der Waals surface area contributed by atoms with Crippen LogP contribution in [0.4, 0.5) is 0 Å². The number of benzene rings is 1. The van der Waals surface area contributed by atoms with E-state index in [1.165, 1.54) is 0 Å². The zero-order valence-electron chi connectivity index (χ0n) is 10.4. The number of hydrogen-bond donors (Lipinski definition) is 1. The van der Waals surface area contributed by atoms with Crippen LogP contribution in [0, 0.1) is 0 Å². The van der Waals surface area contributed by atoms with Crippen molar-refractivity contribution >= 4 is 15.9 Å². The minimum atomic E-state index is -0.273. The Bertz CT molecular complexity index is 536. The average Bonchev–Trinajstić information content (AvgIpc) is 2.86. The Labute approximate surface area is 115 Å². The highest BCUT2D eigenvalue weighted by Crippen LogP contribution is 2.30. The predicted octanol–water partition coefficient (Wildman–Crippen LogP) is 3.66. The predicted molar refractivity (Wildman–Crippen MR) is 74.8 cm³/mol. The largest absolute Gasteiger partial charge is 0.497 e. The molecule has 0 aliphatic heterocycles. The van der Waals surface area contributed by atoms with Crippen LogP contribution in [0.3, 0.4) is 0 Å². The molecule has 1 aromatic carbocycles. The first-order valence-corrected chi connectivity index (χ1v) is 6.62. The van der Waals surface area contributed by atoms with Gasteiger partial charge in [-0.3, -0.25) is 0 Å². The van der Waals surface area contributed by atoms with E-state index in [4.69, 9.17) is 14.9 Å². The summed E-state index contributed by atoms with van der Waals surface area (Å²) in [5.41, 5.74) is 7.19. The maximum Gasteiger partial charge on any atom is 0.125 e. The zero-order chi connectivity index (χ0) is 13.1. The van der Waals surface area contributed by atoms with Crippen LogP contribution < -0.4 is 10.5 Å². The number of nitrogens with two attached hydrogens (primary N) is 1. The molecule has 0 aliphatic rings. The van der Waals surface area contributed by atoms with E-state index in [9.17, 15) is 0 Å². The summed E-state index contributed by atoms with van der Waals surface area (Å²) in [6, 6.07) is 9.36. The Balaban J connectivity index is 2.30. The highest BCUT2D eigenvalue weighted by Gasteiger charge is 2.16. The Morgan fingerprint density at radius 3 is 2.67 bits per heavy atom. The Morgan fingerprint density at radius 2 is 2.11 bits per heavy atom. The molecule has 2 aromatic rings. The van der Waals surface area contributed by atoms with Crippen LogP contribution in [0.2, 0.25) is 0 Å². The van der Waals surface area contributed by atoms with Gasteiger partial charge >= 0.3 is 0 Å². The molecular formula is C14H16BrNO2. The number of ether oxygens (including phenoxy) is 1. The van der Waals surface area contributed by atoms with E-state index in [-0.39, 0.29) is 6.04 Å². The molecule has 3 nitrogen and oxygen atoms in total. The molecule has 4 heteroatoms. The Hall–Kier alpha value is -1.26. The van der Waals surface area contributed by atoms with Crippen molar-refractivity contribution in [2.75, 3.05) is 7.11 Å². The molecule has 0 bridgehead atoms. The second-order valence-electron chi connectivity index (χ2n) is 4.02. The van der Waals surface area contributed by atoms with Crippen molar-refractivity contribution in [2.24, 2.45) is 5.73 Å². The highest BCUT2D eigenvalue weighted by molar-refractivity contribution is 9.10. The number of furan rings is 1. The Kier molecular flexibility index (Phi) is 4.09. The second kappa shape index (κ2) is 5.59. The molecule has 2 rings (SSSR count). The number of rotatable bonds is 4. The van der Waals surface area contributed by atoms with Gasteiger partial charge in [0.15, 0.2) is 0 Å². The van der Waals surface area contributed by atoms with Gasteiger partial charge in [-0.1, -0.05) is 28.9 Å². The summed E-state index contributed by atoms with van der Waals surface area (Å²) in [5, 5.41) is 0. The average molecular weight is 310 g/mol. The first-order valence-electron chi connectivity index (χ1n) is 5.83. The fourth-order valence-electron chi connectivity index (χ4n) is 1.79. The summed E-state index contributed by atoms with van der Waals surface area (Å²) in [5.74, 6) is 2.52. The molecule has 2 N–H and O–H groups in total. The SMILES string of the molecule is CCc1ccc(C(N)c2ccc(OC)cc2Br)o1. The lowest BCUT2D eigenvalue weighted by molar-refractivity contribution is 0.414. The lowest BCUT2D eigenvalue weighted by atomic mass is 10.1. The third kappa shape index (κ3) is 2.60. The van der Waals surface area contributed by atoms with Crippen molar-refractivity contribution < 1.29 is 9.15 Å². The van der Waals surface area contributed by atoms with Crippen molar-refractivity contribution in [2.45, 2.75) is 19.4 Å². The first kappa shape index (κ1) is 13.2. The standard InChI is InChI=1S/C14H16BrNO2/c1-3-9-5-7-13(18-9)14(16)11-6-4-10(17-2)8-12(11)15/h4-8,14H,3,16H2,1-2H3. The highest BCUT2D eigenvalue weighted by atomic mass is 79.9. The molecule has 0 fully saturated rings. The monoisotopic (exact) mass is 309 g/mol. The lowest BCUT2D eigenvalue weighted by Gasteiger charge is -2.12. The minimum Gasteiger partial charge on any atom is -0.497 e. The number of methoxy groups -OCH3 is 1. The van der Waals surface area contributed by atoms with Crippen LogP contribution in [0.5, 0.6) is 5.75 Å². The zero-order valence-corrected chi connectivity index (χ0v) is 12.0. The van der Waals surface area contributed by atoms with Gasteiger partial charge in [-0.15, -0.1) is 0 Å². The first-order chi connectivity index (χ1) is 8.65. The molecular weight excluding hydrogens is 294 g/mol. The maximum absolute atomic E-state index is 6.21. The van der Waals surface area contributed by atoms with Crippen LogP contribution >= 0.6 is 15.9 Å². The third-order valence-electron chi connectivity index (χ3n) is 2.88. The Morgan fingerprint density at radius 1 is 1.33 bits per heavy atom. The maximum atomic E-state index is 6.21. The van der Waals surface area contributed by atoms with Crippen molar-refractivity contribution in [1.29, 1.82) is 0 Å². The van der Waals surface area contributed by atoms with Crippen molar-refractivity contribution in [3.63, 3.8) is 0 Å². The molecule has 1 unspecified atom stereocenters. The lowest BCUT2D eigenvalue weighted by Crippen LogP contribution is -2.11. The summed E-state index contributed by atoms with van der Waals surface area (Å²) in [4.78, 5) is 0. The second-order valence-corrected chi connectivity index (χ2v) is 4.88. The van der Waals surface area contributed by atoms with E-state index in [0.717, 1.165) is 33.7 Å². The summed E-state index contributed by atoms with van der Waals surface area (Å²) < 4.78 is 11.8. The van der Waals surface area contributed by atoms with Gasteiger partial charge in [0.1, 0.15) is 17.3 Å². The molecule has 1 aromatic heterocycles. The third-order valence-corrected chi connectivity index (χ3v) is 3.57. The van der Waals surface area contributed by atoms with Crippen LogP contribution in [0.25, 0.3) is 0 Å². The van der Waals surface area contributed by atoms with Crippen LogP contribution in [-0.2, 0) is 6.42 Å². The van der Waals surface area contributed by atoms with Gasteiger partial charge in [0.05, 0.1) is 13.2 Å². The molecule has 1 atom stereocenters. The summed E-state index contributed by atoms with van der Waals surface area (Å²) in [7, 11) is 1.64. The van der Waals surface area contributed by atoms with E-state index in [2.05, 4.69) is 22.9 Å². The topological polar surface area (TPSA) is 48.4 Å². The molecule has 96 valence electrons. The molecule has 0 aliphatic carbocycles. The van der Waals surface area contributed by atoms with Gasteiger partial charge in [0, 0.05) is 10.9 Å². The molecule has 0 spiro atoms. The summed E-state index contributed by atoms with van der Waals surface area (Å²) in [6.07, 6.45) is 0.872. The van der Waals surface area contributed by atoms with Crippen LogP contribution in [0.15, 0.2) is 39.2 Å². The van der Waals surface area contributed by atoms with Gasteiger partial charge in [0.2, 0.25) is 0 Å². The molecule has 0 saturated heterocycles. The van der Waals surface area contributed by atoms with Crippen LogP contribution in [0.1, 0.15) is 30.0 Å².